The van der Waals surface area contributed by atoms with Gasteiger partial charge in [-0.15, -0.1) is 0 Å². The molecule has 3 N–H and O–H groups in total. The smallest absolute Gasteiger partial charge is 0.222 e. The van der Waals surface area contributed by atoms with E-state index in [4.69, 9.17) is 5.73 Å². The summed E-state index contributed by atoms with van der Waals surface area (Å²) in [7, 11) is 0. The van der Waals surface area contributed by atoms with E-state index in [-0.39, 0.29) is 0 Å². The largest absolute Gasteiger partial charge is 0.368 e. The lowest BCUT2D eigenvalue weighted by Crippen LogP contribution is -2.34. The van der Waals surface area contributed by atoms with Gasteiger partial charge in [0.2, 0.25) is 5.95 Å². The van der Waals surface area contributed by atoms with Gasteiger partial charge < -0.3 is 11.1 Å². The van der Waals surface area contributed by atoms with Crippen molar-refractivity contribution >= 4 is 38.6 Å². The third-order valence-electron chi connectivity index (χ3n) is 3.39. The molecule has 0 aliphatic heterocycles. The third kappa shape index (κ3) is 2.14. The number of anilines is 2. The number of hydrogen-bond acceptors (Lipinski definition) is 4. The van der Waals surface area contributed by atoms with E-state index in [9.17, 15) is 0 Å². The molecule has 1 heterocycles. The fraction of sp³-hybridized carbons (Fsp3) is 0.385. The van der Waals surface area contributed by atoms with E-state index in [1.807, 2.05) is 18.2 Å². The molecule has 1 aliphatic rings. The van der Waals surface area contributed by atoms with Gasteiger partial charge in [0.1, 0.15) is 5.82 Å². The number of fused-ring (bicyclic) bond motifs is 1. The molecule has 0 saturated heterocycles. The Bertz CT molecular complexity index is 588. The van der Waals surface area contributed by atoms with Crippen molar-refractivity contribution in [2.75, 3.05) is 11.1 Å². The molecule has 1 aromatic heterocycles. The van der Waals surface area contributed by atoms with Crippen LogP contribution in [0.5, 0.6) is 0 Å². The summed E-state index contributed by atoms with van der Waals surface area (Å²) in [5.41, 5.74) is 6.63. The highest BCUT2D eigenvalue weighted by molar-refractivity contribution is 9.10. The topological polar surface area (TPSA) is 63.8 Å². The quantitative estimate of drug-likeness (QED) is 0.894. The molecule has 5 heteroatoms. The first-order chi connectivity index (χ1) is 8.61. The van der Waals surface area contributed by atoms with Crippen LogP contribution in [0.1, 0.15) is 19.8 Å². The number of aromatic nitrogens is 2. The summed E-state index contributed by atoms with van der Waals surface area (Å²) in [6.45, 7) is 2.27. The Kier molecular flexibility index (Phi) is 2.86. The molecule has 0 amide bonds. The minimum Gasteiger partial charge on any atom is -0.368 e. The van der Waals surface area contributed by atoms with Gasteiger partial charge in [-0.2, -0.15) is 4.98 Å². The molecular formula is C13H15BrN4. The number of benzene rings is 1. The lowest BCUT2D eigenvalue weighted by atomic mass is 9.82. The summed E-state index contributed by atoms with van der Waals surface area (Å²) in [5.74, 6) is 1.97. The second-order valence-electron chi connectivity index (χ2n) is 5.01. The molecule has 0 atom stereocenters. The SMILES string of the molecule is CC1CC(Nc2nc(N)nc3cc(Br)ccc23)C1. The average Bonchev–Trinajstić information content (AvgIpc) is 2.25. The van der Waals surface area contributed by atoms with Gasteiger partial charge in [0.15, 0.2) is 0 Å². The Balaban J connectivity index is 1.99. The van der Waals surface area contributed by atoms with Crippen LogP contribution >= 0.6 is 15.9 Å². The van der Waals surface area contributed by atoms with E-state index in [1.54, 1.807) is 0 Å². The van der Waals surface area contributed by atoms with Crippen molar-refractivity contribution < 1.29 is 0 Å². The fourth-order valence-corrected chi connectivity index (χ4v) is 2.79. The molecule has 0 unspecified atom stereocenters. The van der Waals surface area contributed by atoms with E-state index >= 15 is 0 Å². The van der Waals surface area contributed by atoms with Crippen LogP contribution in [0.4, 0.5) is 11.8 Å². The second-order valence-corrected chi connectivity index (χ2v) is 5.93. The lowest BCUT2D eigenvalue weighted by molar-refractivity contribution is 0.309. The number of hydrogen-bond donors (Lipinski definition) is 2. The number of halogens is 1. The minimum absolute atomic E-state index is 0.315. The average molecular weight is 307 g/mol. The molecule has 2 aromatic rings. The van der Waals surface area contributed by atoms with Crippen molar-refractivity contribution in [3.8, 4) is 0 Å². The zero-order valence-corrected chi connectivity index (χ0v) is 11.7. The van der Waals surface area contributed by atoms with Crippen LogP contribution in [0, 0.1) is 5.92 Å². The van der Waals surface area contributed by atoms with Gasteiger partial charge in [-0.25, -0.2) is 4.98 Å². The highest BCUT2D eigenvalue weighted by Gasteiger charge is 2.26. The molecule has 1 saturated carbocycles. The lowest BCUT2D eigenvalue weighted by Gasteiger charge is -2.33. The van der Waals surface area contributed by atoms with Gasteiger partial charge in [-0.05, 0) is 37.0 Å². The zero-order valence-electron chi connectivity index (χ0n) is 10.2. The normalized spacial score (nSPS) is 22.8. The molecule has 4 nitrogen and oxygen atoms in total. The van der Waals surface area contributed by atoms with E-state index in [2.05, 4.69) is 38.1 Å². The summed E-state index contributed by atoms with van der Waals surface area (Å²) >= 11 is 3.44. The van der Waals surface area contributed by atoms with Crippen molar-refractivity contribution in [3.05, 3.63) is 22.7 Å². The van der Waals surface area contributed by atoms with Crippen LogP contribution in [-0.2, 0) is 0 Å². The van der Waals surface area contributed by atoms with E-state index in [1.165, 1.54) is 12.8 Å². The van der Waals surface area contributed by atoms with Crippen LogP contribution in [-0.4, -0.2) is 16.0 Å². The standard InChI is InChI=1S/C13H15BrN4/c1-7-4-9(5-7)16-12-10-3-2-8(14)6-11(10)17-13(15)18-12/h2-3,6-7,9H,4-5H2,1H3,(H3,15,16,17,18). The van der Waals surface area contributed by atoms with Gasteiger partial charge in [0, 0.05) is 15.9 Å². The summed E-state index contributed by atoms with van der Waals surface area (Å²) in [4.78, 5) is 8.58. The molecule has 18 heavy (non-hydrogen) atoms. The Labute approximate surface area is 114 Å². The first kappa shape index (κ1) is 11.7. The predicted octanol–water partition coefficient (Wildman–Crippen LogP) is 3.18. The van der Waals surface area contributed by atoms with Crippen molar-refractivity contribution in [1.29, 1.82) is 0 Å². The fourth-order valence-electron chi connectivity index (χ4n) is 2.44. The van der Waals surface area contributed by atoms with Crippen LogP contribution in [0.15, 0.2) is 22.7 Å². The number of nitrogens with two attached hydrogens (primary N) is 1. The molecule has 1 fully saturated rings. The Morgan fingerprint density at radius 2 is 2.11 bits per heavy atom. The summed E-state index contributed by atoms with van der Waals surface area (Å²) < 4.78 is 0.997. The minimum atomic E-state index is 0.315. The van der Waals surface area contributed by atoms with Crippen molar-refractivity contribution in [2.45, 2.75) is 25.8 Å². The third-order valence-corrected chi connectivity index (χ3v) is 3.88. The molecule has 1 aliphatic carbocycles. The van der Waals surface area contributed by atoms with Crippen LogP contribution in [0.2, 0.25) is 0 Å². The maximum absolute atomic E-state index is 5.76. The molecular weight excluding hydrogens is 292 g/mol. The highest BCUT2D eigenvalue weighted by Crippen LogP contribution is 2.31. The molecule has 0 spiro atoms. The molecule has 0 bridgehead atoms. The monoisotopic (exact) mass is 306 g/mol. The van der Waals surface area contributed by atoms with E-state index in [0.717, 1.165) is 27.1 Å². The summed E-state index contributed by atoms with van der Waals surface area (Å²) in [5, 5.41) is 4.49. The molecule has 0 radical (unpaired) electrons. The molecule has 3 rings (SSSR count). The highest BCUT2D eigenvalue weighted by atomic mass is 79.9. The first-order valence-electron chi connectivity index (χ1n) is 6.11. The Hall–Kier alpha value is -1.36. The number of nitrogen functional groups attached to an aromatic ring is 1. The summed E-state index contributed by atoms with van der Waals surface area (Å²) in [6, 6.07) is 6.49. The van der Waals surface area contributed by atoms with E-state index in [0.29, 0.717) is 12.0 Å². The number of nitrogens with zero attached hydrogens (tertiary/aromatic N) is 2. The predicted molar refractivity (Wildman–Crippen MR) is 77.5 cm³/mol. The number of nitrogens with one attached hydrogen (secondary N) is 1. The van der Waals surface area contributed by atoms with E-state index < -0.39 is 0 Å². The van der Waals surface area contributed by atoms with Gasteiger partial charge in [0.25, 0.3) is 0 Å². The van der Waals surface area contributed by atoms with Crippen molar-refractivity contribution in [1.82, 2.24) is 9.97 Å². The maximum Gasteiger partial charge on any atom is 0.222 e. The van der Waals surface area contributed by atoms with Crippen LogP contribution in [0.3, 0.4) is 0 Å². The first-order valence-corrected chi connectivity index (χ1v) is 6.90. The van der Waals surface area contributed by atoms with Crippen molar-refractivity contribution in [2.24, 2.45) is 5.92 Å². The maximum atomic E-state index is 5.76. The van der Waals surface area contributed by atoms with Gasteiger partial charge >= 0.3 is 0 Å². The Morgan fingerprint density at radius 1 is 1.33 bits per heavy atom. The summed E-state index contributed by atoms with van der Waals surface area (Å²) in [6.07, 6.45) is 2.39. The van der Waals surface area contributed by atoms with Gasteiger partial charge in [0.05, 0.1) is 5.52 Å². The molecule has 1 aromatic carbocycles. The number of rotatable bonds is 2. The van der Waals surface area contributed by atoms with Gasteiger partial charge in [-0.3, -0.25) is 0 Å². The zero-order chi connectivity index (χ0) is 12.7. The van der Waals surface area contributed by atoms with Gasteiger partial charge in [-0.1, -0.05) is 22.9 Å². The van der Waals surface area contributed by atoms with Crippen molar-refractivity contribution in [3.63, 3.8) is 0 Å². The second kappa shape index (κ2) is 4.39. The van der Waals surface area contributed by atoms with Crippen LogP contribution in [0.25, 0.3) is 10.9 Å². The Morgan fingerprint density at radius 3 is 2.83 bits per heavy atom. The molecule has 94 valence electrons. The van der Waals surface area contributed by atoms with Crippen LogP contribution < -0.4 is 11.1 Å².